The highest BCUT2D eigenvalue weighted by Crippen LogP contribution is 2.39. The predicted octanol–water partition coefficient (Wildman–Crippen LogP) is 3.52. The van der Waals surface area contributed by atoms with Crippen molar-refractivity contribution in [2.45, 2.75) is 52.6 Å². The molecule has 2 unspecified atom stereocenters. The van der Waals surface area contributed by atoms with Crippen molar-refractivity contribution in [1.82, 2.24) is 10.2 Å². The summed E-state index contributed by atoms with van der Waals surface area (Å²) in [6, 6.07) is 4.70. The molecule has 3 nitrogen and oxygen atoms in total. The van der Waals surface area contributed by atoms with Crippen LogP contribution in [0.25, 0.3) is 0 Å². The Morgan fingerprint density at radius 2 is 2.25 bits per heavy atom. The lowest BCUT2D eigenvalue weighted by atomic mass is 9.69. The van der Waals surface area contributed by atoms with Crippen molar-refractivity contribution >= 4 is 0 Å². The average Bonchev–Trinajstić information content (AvgIpc) is 2.85. The van der Waals surface area contributed by atoms with Crippen LogP contribution in [0.5, 0.6) is 0 Å². The summed E-state index contributed by atoms with van der Waals surface area (Å²) >= 11 is 0. The Bertz CT molecular complexity index is 386. The smallest absolute Gasteiger partial charge is 0.117 e. The molecule has 114 valence electrons. The molecule has 0 aromatic carbocycles. The Hall–Kier alpha value is -0.800. The first kappa shape index (κ1) is 15.6. The lowest BCUT2D eigenvalue weighted by Crippen LogP contribution is -2.46. The molecule has 0 radical (unpaired) electrons. The minimum atomic E-state index is 0.488. The molecular weight excluding hydrogens is 248 g/mol. The molecule has 1 aliphatic rings. The molecule has 0 aliphatic heterocycles. The zero-order valence-electron chi connectivity index (χ0n) is 13.5. The van der Waals surface area contributed by atoms with Crippen molar-refractivity contribution in [3.05, 3.63) is 24.2 Å². The first-order valence-corrected chi connectivity index (χ1v) is 7.94. The summed E-state index contributed by atoms with van der Waals surface area (Å²) in [6.07, 6.45) is 5.71. The first-order valence-electron chi connectivity index (χ1n) is 7.94. The molecule has 0 bridgehead atoms. The van der Waals surface area contributed by atoms with Gasteiger partial charge in [0.1, 0.15) is 5.76 Å². The Kier molecular flexibility index (Phi) is 5.28. The van der Waals surface area contributed by atoms with Crippen LogP contribution in [0.3, 0.4) is 0 Å². The Morgan fingerprint density at radius 3 is 2.90 bits per heavy atom. The largest absolute Gasteiger partial charge is 0.468 e. The second kappa shape index (κ2) is 6.77. The van der Waals surface area contributed by atoms with Crippen molar-refractivity contribution < 1.29 is 4.42 Å². The molecule has 3 heteroatoms. The third-order valence-corrected chi connectivity index (χ3v) is 4.53. The van der Waals surface area contributed by atoms with Crippen LogP contribution in [-0.4, -0.2) is 31.1 Å². The van der Waals surface area contributed by atoms with E-state index >= 15 is 0 Å². The van der Waals surface area contributed by atoms with E-state index < -0.39 is 0 Å². The van der Waals surface area contributed by atoms with Gasteiger partial charge in [0, 0.05) is 12.6 Å². The number of nitrogens with one attached hydrogen (secondary N) is 1. The van der Waals surface area contributed by atoms with E-state index in [1.165, 1.54) is 19.3 Å². The number of hydrogen-bond acceptors (Lipinski definition) is 3. The molecule has 1 N–H and O–H groups in total. The molecule has 1 aliphatic carbocycles. The summed E-state index contributed by atoms with van der Waals surface area (Å²) in [6.45, 7) is 10.2. The molecule has 0 amide bonds. The van der Waals surface area contributed by atoms with Crippen LogP contribution >= 0.6 is 0 Å². The molecule has 0 spiro atoms. The SMILES string of the molecule is CCNC1CCC(C)(C)CC1CN(C)Cc1ccco1. The third-order valence-electron chi connectivity index (χ3n) is 4.53. The van der Waals surface area contributed by atoms with Crippen LogP contribution in [-0.2, 0) is 6.54 Å². The highest BCUT2D eigenvalue weighted by molar-refractivity contribution is 4.98. The number of nitrogens with zero attached hydrogens (tertiary/aromatic N) is 1. The lowest BCUT2D eigenvalue weighted by molar-refractivity contribution is 0.105. The summed E-state index contributed by atoms with van der Waals surface area (Å²) in [5.74, 6) is 1.79. The van der Waals surface area contributed by atoms with Gasteiger partial charge in [-0.3, -0.25) is 4.90 Å². The van der Waals surface area contributed by atoms with Crippen LogP contribution in [0.2, 0.25) is 0 Å². The Labute approximate surface area is 123 Å². The highest BCUT2D eigenvalue weighted by Gasteiger charge is 2.34. The minimum Gasteiger partial charge on any atom is -0.468 e. The molecule has 2 atom stereocenters. The molecule has 1 aromatic rings. The first-order chi connectivity index (χ1) is 9.50. The fraction of sp³-hybridized carbons (Fsp3) is 0.765. The number of rotatable bonds is 6. The van der Waals surface area contributed by atoms with E-state index in [2.05, 4.69) is 44.1 Å². The maximum absolute atomic E-state index is 5.45. The molecular formula is C17H30N2O. The molecule has 0 saturated heterocycles. The van der Waals surface area contributed by atoms with E-state index in [1.54, 1.807) is 6.26 Å². The number of furan rings is 1. The van der Waals surface area contributed by atoms with E-state index in [4.69, 9.17) is 4.42 Å². The zero-order valence-corrected chi connectivity index (χ0v) is 13.5. The van der Waals surface area contributed by atoms with Gasteiger partial charge in [-0.05, 0) is 56.3 Å². The van der Waals surface area contributed by atoms with Gasteiger partial charge >= 0.3 is 0 Å². The summed E-state index contributed by atoms with van der Waals surface area (Å²) in [5, 5.41) is 3.69. The van der Waals surface area contributed by atoms with E-state index in [0.29, 0.717) is 11.5 Å². The molecule has 1 heterocycles. The van der Waals surface area contributed by atoms with Gasteiger partial charge in [-0.25, -0.2) is 0 Å². The predicted molar refractivity (Wildman–Crippen MR) is 83.6 cm³/mol. The maximum atomic E-state index is 5.45. The molecule has 1 fully saturated rings. The zero-order chi connectivity index (χ0) is 14.6. The number of hydrogen-bond donors (Lipinski definition) is 1. The van der Waals surface area contributed by atoms with Gasteiger partial charge < -0.3 is 9.73 Å². The van der Waals surface area contributed by atoms with E-state index in [9.17, 15) is 0 Å². The standard InChI is InChI=1S/C17H30N2O/c1-5-18-16-8-9-17(2,3)11-14(16)12-19(4)13-15-7-6-10-20-15/h6-7,10,14,16,18H,5,8-9,11-13H2,1-4H3. The van der Waals surface area contributed by atoms with Crippen LogP contribution in [0, 0.1) is 11.3 Å². The highest BCUT2D eigenvalue weighted by atomic mass is 16.3. The second-order valence-electron chi connectivity index (χ2n) is 7.11. The molecule has 1 aromatic heterocycles. The van der Waals surface area contributed by atoms with Crippen LogP contribution in [0.15, 0.2) is 22.8 Å². The summed E-state index contributed by atoms with van der Waals surface area (Å²) in [5.41, 5.74) is 0.488. The summed E-state index contributed by atoms with van der Waals surface area (Å²) < 4.78 is 5.45. The summed E-state index contributed by atoms with van der Waals surface area (Å²) in [4.78, 5) is 2.40. The third kappa shape index (κ3) is 4.35. The van der Waals surface area contributed by atoms with Crippen molar-refractivity contribution in [2.75, 3.05) is 20.1 Å². The lowest BCUT2D eigenvalue weighted by Gasteiger charge is -2.42. The van der Waals surface area contributed by atoms with Gasteiger partial charge in [0.05, 0.1) is 12.8 Å². The average molecular weight is 278 g/mol. The Morgan fingerprint density at radius 1 is 1.45 bits per heavy atom. The van der Waals surface area contributed by atoms with Gasteiger partial charge in [-0.2, -0.15) is 0 Å². The van der Waals surface area contributed by atoms with E-state index in [1.807, 2.05) is 6.07 Å². The van der Waals surface area contributed by atoms with Crippen LogP contribution in [0.4, 0.5) is 0 Å². The quantitative estimate of drug-likeness (QED) is 0.863. The Balaban J connectivity index is 1.92. The van der Waals surface area contributed by atoms with Gasteiger partial charge in [-0.1, -0.05) is 20.8 Å². The van der Waals surface area contributed by atoms with Crippen LogP contribution < -0.4 is 5.32 Å². The van der Waals surface area contributed by atoms with E-state index in [-0.39, 0.29) is 0 Å². The fourth-order valence-corrected chi connectivity index (χ4v) is 3.59. The van der Waals surface area contributed by atoms with Crippen molar-refractivity contribution in [3.8, 4) is 0 Å². The van der Waals surface area contributed by atoms with Gasteiger partial charge in [0.2, 0.25) is 0 Å². The monoisotopic (exact) mass is 278 g/mol. The second-order valence-corrected chi connectivity index (χ2v) is 7.11. The van der Waals surface area contributed by atoms with Crippen molar-refractivity contribution in [2.24, 2.45) is 11.3 Å². The maximum Gasteiger partial charge on any atom is 0.117 e. The minimum absolute atomic E-state index is 0.488. The molecule has 2 rings (SSSR count). The van der Waals surface area contributed by atoms with Crippen molar-refractivity contribution in [1.29, 1.82) is 0 Å². The van der Waals surface area contributed by atoms with Crippen molar-refractivity contribution in [3.63, 3.8) is 0 Å². The van der Waals surface area contributed by atoms with E-state index in [0.717, 1.165) is 31.3 Å². The molecule has 20 heavy (non-hydrogen) atoms. The van der Waals surface area contributed by atoms with Gasteiger partial charge in [0.15, 0.2) is 0 Å². The van der Waals surface area contributed by atoms with Gasteiger partial charge in [-0.15, -0.1) is 0 Å². The van der Waals surface area contributed by atoms with Crippen LogP contribution in [0.1, 0.15) is 45.8 Å². The van der Waals surface area contributed by atoms with Gasteiger partial charge in [0.25, 0.3) is 0 Å². The normalized spacial score (nSPS) is 26.1. The fourth-order valence-electron chi connectivity index (χ4n) is 3.59. The topological polar surface area (TPSA) is 28.4 Å². The summed E-state index contributed by atoms with van der Waals surface area (Å²) in [7, 11) is 2.20. The molecule has 1 saturated carbocycles.